The van der Waals surface area contributed by atoms with Gasteiger partial charge < -0.3 is 9.32 Å². The van der Waals surface area contributed by atoms with Crippen LogP contribution in [0.3, 0.4) is 0 Å². The topological polar surface area (TPSA) is 16.4 Å². The minimum atomic E-state index is -0.192. The molecule has 0 atom stereocenters. The van der Waals surface area contributed by atoms with Crippen LogP contribution in [0.4, 0.5) is 17.1 Å². The van der Waals surface area contributed by atoms with E-state index in [1.54, 1.807) is 0 Å². The second-order valence-corrected chi connectivity index (χ2v) is 17.1. The van der Waals surface area contributed by atoms with Crippen LogP contribution in [-0.2, 0) is 5.41 Å². The Morgan fingerprint density at radius 3 is 2.09 bits per heavy atom. The number of hydrogen-bond acceptors (Lipinski definition) is 3. The summed E-state index contributed by atoms with van der Waals surface area (Å²) in [4.78, 5) is 2.47. The highest BCUT2D eigenvalue weighted by molar-refractivity contribution is 7.25. The van der Waals surface area contributed by atoms with Crippen LogP contribution in [-0.4, -0.2) is 0 Å². The molecular formula is C55H37NOS. The largest absolute Gasteiger partial charge is 0.455 e. The van der Waals surface area contributed by atoms with Gasteiger partial charge in [0.25, 0.3) is 0 Å². The Balaban J connectivity index is 1.03. The molecule has 12 rings (SSSR count). The average Bonchev–Trinajstić information content (AvgIpc) is 3.92. The zero-order chi connectivity index (χ0) is 38.5. The van der Waals surface area contributed by atoms with Crippen molar-refractivity contribution in [1.82, 2.24) is 0 Å². The first-order valence-electron chi connectivity index (χ1n) is 20.0. The van der Waals surface area contributed by atoms with Crippen molar-refractivity contribution in [1.29, 1.82) is 0 Å². The van der Waals surface area contributed by atoms with Gasteiger partial charge in [-0.1, -0.05) is 147 Å². The minimum Gasteiger partial charge on any atom is -0.455 e. The van der Waals surface area contributed by atoms with Gasteiger partial charge >= 0.3 is 0 Å². The Morgan fingerprint density at radius 1 is 0.466 bits per heavy atom. The van der Waals surface area contributed by atoms with Gasteiger partial charge in [-0.3, -0.25) is 0 Å². The van der Waals surface area contributed by atoms with Crippen LogP contribution in [0.2, 0.25) is 0 Å². The highest BCUT2D eigenvalue weighted by atomic mass is 32.1. The van der Waals surface area contributed by atoms with E-state index in [9.17, 15) is 0 Å². The van der Waals surface area contributed by atoms with Gasteiger partial charge in [0.05, 0.1) is 5.69 Å². The Kier molecular flexibility index (Phi) is 7.18. The third-order valence-electron chi connectivity index (χ3n) is 12.4. The molecule has 0 saturated heterocycles. The predicted molar refractivity (Wildman–Crippen MR) is 247 cm³/mol. The Morgan fingerprint density at radius 2 is 1.17 bits per heavy atom. The summed E-state index contributed by atoms with van der Waals surface area (Å²) in [7, 11) is 0. The lowest BCUT2D eigenvalue weighted by atomic mass is 9.81. The van der Waals surface area contributed by atoms with E-state index >= 15 is 0 Å². The van der Waals surface area contributed by atoms with Crippen molar-refractivity contribution in [2.75, 3.05) is 4.90 Å². The number of hydrogen-bond donors (Lipinski definition) is 0. The molecule has 0 fully saturated rings. The standard InChI is InChI=1S/C55H37NOS/c1-55(2)47-20-7-5-16-42(47)45-19-10-21-48(53(45)55)56(38-28-24-34(25-29-38)36-27-30-44-43-17-6-8-23-50(43)58-51(44)33-36)39-14-9-13-37(32-39)40-18-11-22-49-52(40)46-31-26-35-12-3-4-15-41(35)54(46)57-49/h3-33H,1-2H3. The number of fused-ring (bicyclic) bond motifs is 11. The van der Waals surface area contributed by atoms with Crippen molar-refractivity contribution in [2.24, 2.45) is 0 Å². The molecule has 1 aliphatic rings. The van der Waals surface area contributed by atoms with Gasteiger partial charge in [-0.25, -0.2) is 0 Å². The molecule has 0 unspecified atom stereocenters. The highest BCUT2D eigenvalue weighted by Gasteiger charge is 2.38. The lowest BCUT2D eigenvalue weighted by Gasteiger charge is -2.32. The van der Waals surface area contributed by atoms with Crippen LogP contribution in [0.5, 0.6) is 0 Å². The van der Waals surface area contributed by atoms with E-state index in [1.165, 1.54) is 64.6 Å². The molecule has 0 spiro atoms. The molecule has 1 aliphatic carbocycles. The third kappa shape index (κ3) is 4.90. The molecule has 0 radical (unpaired) electrons. The summed E-state index contributed by atoms with van der Waals surface area (Å²) >= 11 is 1.87. The number of anilines is 3. The number of thiophene rings is 1. The molecule has 2 aromatic heterocycles. The van der Waals surface area contributed by atoms with Crippen LogP contribution >= 0.6 is 11.3 Å². The van der Waals surface area contributed by atoms with Crippen molar-refractivity contribution in [3.8, 4) is 33.4 Å². The molecule has 58 heavy (non-hydrogen) atoms. The van der Waals surface area contributed by atoms with Gasteiger partial charge in [0.2, 0.25) is 0 Å². The SMILES string of the molecule is CC1(C)c2ccccc2-c2cccc(N(c3ccc(-c4ccc5c(c4)sc4ccccc45)cc3)c3cccc(-c4cccc5oc6c7ccccc7ccc6c45)c3)c21. The number of furan rings is 1. The van der Waals surface area contributed by atoms with Crippen LogP contribution < -0.4 is 4.90 Å². The van der Waals surface area contributed by atoms with Crippen molar-refractivity contribution in [2.45, 2.75) is 19.3 Å². The van der Waals surface area contributed by atoms with Crippen LogP contribution in [0.1, 0.15) is 25.0 Å². The smallest absolute Gasteiger partial charge is 0.143 e. The maximum Gasteiger partial charge on any atom is 0.143 e. The van der Waals surface area contributed by atoms with Crippen molar-refractivity contribution in [3.63, 3.8) is 0 Å². The minimum absolute atomic E-state index is 0.192. The molecule has 0 aliphatic heterocycles. The predicted octanol–water partition coefficient (Wildman–Crippen LogP) is 16.2. The van der Waals surface area contributed by atoms with E-state index in [0.717, 1.165) is 49.8 Å². The first-order valence-corrected chi connectivity index (χ1v) is 20.8. The summed E-state index contributed by atoms with van der Waals surface area (Å²) in [6, 6.07) is 68.9. The quantitative estimate of drug-likeness (QED) is 0.174. The number of benzene rings is 9. The lowest BCUT2D eigenvalue weighted by molar-refractivity contribution is 0.661. The van der Waals surface area contributed by atoms with Crippen LogP contribution in [0, 0.1) is 0 Å². The molecule has 9 aromatic carbocycles. The normalized spacial score (nSPS) is 13.1. The molecule has 2 heterocycles. The second kappa shape index (κ2) is 12.5. The summed E-state index contributed by atoms with van der Waals surface area (Å²) < 4.78 is 9.27. The summed E-state index contributed by atoms with van der Waals surface area (Å²) in [5.74, 6) is 0. The third-order valence-corrected chi connectivity index (χ3v) is 13.6. The Hall–Kier alpha value is -6.94. The fourth-order valence-electron chi connectivity index (χ4n) is 9.75. The second-order valence-electron chi connectivity index (χ2n) is 16.1. The van der Waals surface area contributed by atoms with Crippen molar-refractivity contribution in [3.05, 3.63) is 199 Å². The monoisotopic (exact) mass is 759 g/mol. The summed E-state index contributed by atoms with van der Waals surface area (Å²) in [6.07, 6.45) is 0. The average molecular weight is 760 g/mol. The van der Waals surface area contributed by atoms with E-state index in [2.05, 4.69) is 207 Å². The molecule has 0 N–H and O–H groups in total. The maximum absolute atomic E-state index is 6.63. The molecular weight excluding hydrogens is 723 g/mol. The molecule has 0 bridgehead atoms. The van der Waals surface area contributed by atoms with E-state index in [0.29, 0.717) is 0 Å². The first kappa shape index (κ1) is 33.2. The molecule has 0 amide bonds. The molecule has 3 heteroatoms. The fourth-order valence-corrected chi connectivity index (χ4v) is 10.9. The highest BCUT2D eigenvalue weighted by Crippen LogP contribution is 2.54. The van der Waals surface area contributed by atoms with Crippen molar-refractivity contribution >= 4 is 81.3 Å². The summed E-state index contributed by atoms with van der Waals surface area (Å²) in [6.45, 7) is 4.74. The number of nitrogens with zero attached hydrogens (tertiary/aromatic N) is 1. The van der Waals surface area contributed by atoms with Gasteiger partial charge in [-0.2, -0.15) is 0 Å². The van der Waals surface area contributed by atoms with E-state index in [1.807, 2.05) is 11.3 Å². The molecule has 0 saturated carbocycles. The van der Waals surface area contributed by atoms with Gasteiger partial charge in [0.1, 0.15) is 11.2 Å². The lowest BCUT2D eigenvalue weighted by Crippen LogP contribution is -2.20. The molecule has 2 nitrogen and oxygen atoms in total. The van der Waals surface area contributed by atoms with Gasteiger partial charge in [-0.15, -0.1) is 11.3 Å². The number of rotatable bonds is 5. The van der Waals surface area contributed by atoms with Gasteiger partial charge in [-0.05, 0) is 104 Å². The van der Waals surface area contributed by atoms with Crippen LogP contribution in [0.25, 0.3) is 86.3 Å². The fraction of sp³-hybridized carbons (Fsp3) is 0.0545. The molecule has 11 aromatic rings. The zero-order valence-corrected chi connectivity index (χ0v) is 33.0. The Labute approximate surface area is 340 Å². The molecule has 274 valence electrons. The summed E-state index contributed by atoms with van der Waals surface area (Å²) in [5, 5.41) is 7.24. The van der Waals surface area contributed by atoms with E-state index < -0.39 is 0 Å². The van der Waals surface area contributed by atoms with Crippen LogP contribution in [0.15, 0.2) is 192 Å². The maximum atomic E-state index is 6.63. The van der Waals surface area contributed by atoms with Gasteiger partial charge in [0.15, 0.2) is 0 Å². The summed E-state index contributed by atoms with van der Waals surface area (Å²) in [5.41, 5.74) is 15.1. The van der Waals surface area contributed by atoms with E-state index in [4.69, 9.17) is 4.42 Å². The first-order chi connectivity index (χ1) is 28.5. The van der Waals surface area contributed by atoms with Gasteiger partial charge in [0, 0.05) is 53.1 Å². The van der Waals surface area contributed by atoms with E-state index in [-0.39, 0.29) is 5.41 Å². The Bertz CT molecular complexity index is 3440. The van der Waals surface area contributed by atoms with Crippen molar-refractivity contribution < 1.29 is 4.42 Å². The zero-order valence-electron chi connectivity index (χ0n) is 32.2.